The highest BCUT2D eigenvalue weighted by molar-refractivity contribution is 6.32. The van der Waals surface area contributed by atoms with Gasteiger partial charge in [0.05, 0.1) is 19.0 Å². The summed E-state index contributed by atoms with van der Waals surface area (Å²) < 4.78 is 5.56. The number of anilines is 3. The van der Waals surface area contributed by atoms with Crippen LogP contribution in [-0.2, 0) is 4.79 Å². The molecule has 1 aromatic heterocycles. The zero-order chi connectivity index (χ0) is 27.5. The van der Waals surface area contributed by atoms with Crippen LogP contribution in [0.2, 0.25) is 5.02 Å². The van der Waals surface area contributed by atoms with Crippen molar-refractivity contribution in [3.8, 4) is 5.75 Å². The van der Waals surface area contributed by atoms with Gasteiger partial charge in [0.25, 0.3) is 5.91 Å². The summed E-state index contributed by atoms with van der Waals surface area (Å²) in [5.41, 5.74) is 5.72. The highest BCUT2D eigenvalue weighted by Gasteiger charge is 2.21. The first kappa shape index (κ1) is 29.4. The van der Waals surface area contributed by atoms with Crippen LogP contribution < -0.4 is 26.4 Å². The molecule has 5 N–H and O–H groups in total. The van der Waals surface area contributed by atoms with Crippen LogP contribution in [0.4, 0.5) is 17.5 Å². The molecule has 1 aliphatic heterocycles. The van der Waals surface area contributed by atoms with Crippen LogP contribution in [0.1, 0.15) is 69.2 Å². The van der Waals surface area contributed by atoms with Gasteiger partial charge in [-0.05, 0) is 50.4 Å². The molecular formula is C27H40ClN7O3. The molecule has 0 spiro atoms. The number of piperidine rings is 1. The molecule has 1 saturated heterocycles. The van der Waals surface area contributed by atoms with Gasteiger partial charge >= 0.3 is 0 Å². The smallest absolute Gasteiger partial charge is 0.251 e. The molecule has 2 amide bonds. The molecule has 2 fully saturated rings. The fraction of sp³-hybridized carbons (Fsp3) is 0.556. The molecule has 2 heterocycles. The van der Waals surface area contributed by atoms with Crippen molar-refractivity contribution in [3.63, 3.8) is 0 Å². The molecule has 1 aromatic carbocycles. The number of nitrogens with one attached hydrogen (secondary N) is 3. The number of primary amides is 1. The number of benzene rings is 1. The minimum Gasteiger partial charge on any atom is -0.495 e. The highest BCUT2D eigenvalue weighted by atomic mass is 35.5. The van der Waals surface area contributed by atoms with E-state index in [-0.39, 0.29) is 17.9 Å². The molecule has 10 nitrogen and oxygen atoms in total. The van der Waals surface area contributed by atoms with E-state index in [1.807, 2.05) is 6.07 Å². The van der Waals surface area contributed by atoms with E-state index in [4.69, 9.17) is 16.3 Å². The minimum absolute atomic E-state index is 0.0819. The Balaban J connectivity index is 0.000000934. The topological polar surface area (TPSA) is 134 Å². The second kappa shape index (κ2) is 14.7. The maximum absolute atomic E-state index is 12.8. The summed E-state index contributed by atoms with van der Waals surface area (Å²) in [6.07, 6.45) is 9.52. The number of nitrogens with zero attached hydrogens (tertiary/aromatic N) is 3. The number of rotatable bonds is 8. The van der Waals surface area contributed by atoms with Gasteiger partial charge in [-0.15, -0.1) is 0 Å². The number of carbonyl (C=O) groups is 2. The summed E-state index contributed by atoms with van der Waals surface area (Å²) in [5, 5.41) is 10.3. The molecule has 38 heavy (non-hydrogen) atoms. The van der Waals surface area contributed by atoms with E-state index in [0.29, 0.717) is 39.8 Å². The molecule has 2 aliphatic rings. The molecule has 0 bridgehead atoms. The summed E-state index contributed by atoms with van der Waals surface area (Å²) in [6, 6.07) is 5.95. The van der Waals surface area contributed by atoms with Gasteiger partial charge in [0.15, 0.2) is 5.82 Å². The summed E-state index contributed by atoms with van der Waals surface area (Å²) >= 11 is 6.34. The lowest BCUT2D eigenvalue weighted by atomic mass is 9.95. The Morgan fingerprint density at radius 3 is 2.45 bits per heavy atom. The Bertz CT molecular complexity index is 1070. The van der Waals surface area contributed by atoms with Crippen LogP contribution in [-0.4, -0.2) is 65.5 Å². The predicted molar refractivity (Wildman–Crippen MR) is 151 cm³/mol. The molecule has 0 atom stereocenters. The lowest BCUT2D eigenvalue weighted by Crippen LogP contribution is -2.44. The van der Waals surface area contributed by atoms with E-state index >= 15 is 0 Å². The van der Waals surface area contributed by atoms with E-state index in [2.05, 4.69) is 43.5 Å². The first-order valence-electron chi connectivity index (χ1n) is 13.3. The number of methoxy groups -OCH3 is 1. The van der Waals surface area contributed by atoms with Gasteiger partial charge in [-0.25, -0.2) is 4.98 Å². The van der Waals surface area contributed by atoms with Crippen LogP contribution in [0.5, 0.6) is 5.75 Å². The van der Waals surface area contributed by atoms with E-state index in [0.717, 1.165) is 45.3 Å². The zero-order valence-electron chi connectivity index (χ0n) is 22.6. The number of hydrogen-bond donors (Lipinski definition) is 4. The molecule has 4 rings (SSSR count). The van der Waals surface area contributed by atoms with Gasteiger partial charge in [0.2, 0.25) is 11.9 Å². The molecule has 2 aromatic rings. The van der Waals surface area contributed by atoms with Crippen molar-refractivity contribution in [1.29, 1.82) is 0 Å². The van der Waals surface area contributed by atoms with Crippen LogP contribution in [0.25, 0.3) is 0 Å². The average Bonchev–Trinajstić information content (AvgIpc) is 2.91. The van der Waals surface area contributed by atoms with Crippen molar-refractivity contribution < 1.29 is 14.3 Å². The molecule has 0 unspecified atom stereocenters. The summed E-state index contributed by atoms with van der Waals surface area (Å²) in [4.78, 5) is 33.3. The molecule has 1 saturated carbocycles. The maximum Gasteiger partial charge on any atom is 0.251 e. The van der Waals surface area contributed by atoms with E-state index in [1.165, 1.54) is 26.2 Å². The van der Waals surface area contributed by atoms with Gasteiger partial charge < -0.3 is 31.3 Å². The highest BCUT2D eigenvalue weighted by Crippen LogP contribution is 2.30. The van der Waals surface area contributed by atoms with Gasteiger partial charge in [0.1, 0.15) is 10.8 Å². The van der Waals surface area contributed by atoms with Crippen LogP contribution >= 0.6 is 11.6 Å². The van der Waals surface area contributed by atoms with Crippen molar-refractivity contribution in [2.75, 3.05) is 37.4 Å². The zero-order valence-corrected chi connectivity index (χ0v) is 23.3. The Kier molecular flexibility index (Phi) is 11.4. The second-order valence-corrected chi connectivity index (χ2v) is 10.1. The predicted octanol–water partition coefficient (Wildman–Crippen LogP) is 4.33. The van der Waals surface area contributed by atoms with Crippen LogP contribution in [0.15, 0.2) is 24.4 Å². The number of carbonyl (C=O) groups excluding carboxylic acids is 2. The number of halogens is 1. The maximum atomic E-state index is 12.8. The first-order chi connectivity index (χ1) is 18.3. The van der Waals surface area contributed by atoms with E-state index < -0.39 is 0 Å². The summed E-state index contributed by atoms with van der Waals surface area (Å²) in [5.74, 6) is 1.19. The van der Waals surface area contributed by atoms with Gasteiger partial charge in [-0.1, -0.05) is 37.8 Å². The monoisotopic (exact) mass is 545 g/mol. The normalized spacial score (nSPS) is 16.6. The standard InChI is InChI=1S/C25H35ClN6O2.C2H5NO/c1-3-32-13-11-19(12-14-32)29-24(33)17-9-10-21(22(15-17)34-2)30-25-27-16-20(26)23(31-25)28-18-7-5-4-6-8-18;1-2(3)4/h9-10,15-16,18-19H,3-8,11-14H2,1-2H3,(H,29,33)(H2,27,28,30,31);1H3,(H2,3,4). The third-order valence-corrected chi connectivity index (χ3v) is 7.05. The Morgan fingerprint density at radius 1 is 1.13 bits per heavy atom. The Hall–Kier alpha value is -3.11. The number of amides is 2. The van der Waals surface area contributed by atoms with Crippen molar-refractivity contribution in [2.24, 2.45) is 5.73 Å². The number of nitrogens with two attached hydrogens (primary N) is 1. The average molecular weight is 546 g/mol. The molecule has 1 aliphatic carbocycles. The number of hydrogen-bond acceptors (Lipinski definition) is 8. The molecule has 208 valence electrons. The lowest BCUT2D eigenvalue weighted by Gasteiger charge is -2.31. The largest absolute Gasteiger partial charge is 0.495 e. The van der Waals surface area contributed by atoms with Gasteiger partial charge in [0, 0.05) is 37.7 Å². The fourth-order valence-corrected chi connectivity index (χ4v) is 4.83. The lowest BCUT2D eigenvalue weighted by molar-refractivity contribution is -0.115. The van der Waals surface area contributed by atoms with Gasteiger partial charge in [-0.3, -0.25) is 9.59 Å². The van der Waals surface area contributed by atoms with Crippen molar-refractivity contribution in [1.82, 2.24) is 20.2 Å². The minimum atomic E-state index is -0.333. The van der Waals surface area contributed by atoms with Crippen molar-refractivity contribution >= 4 is 40.9 Å². The van der Waals surface area contributed by atoms with Gasteiger partial charge in [-0.2, -0.15) is 4.98 Å². The SMILES string of the molecule is CC(N)=O.CCN1CCC(NC(=O)c2ccc(Nc3ncc(Cl)c(NC4CCCCC4)n3)c(OC)c2)CC1. The van der Waals surface area contributed by atoms with Crippen LogP contribution in [0, 0.1) is 0 Å². The number of ether oxygens (including phenoxy) is 1. The van der Waals surface area contributed by atoms with E-state index in [1.54, 1.807) is 25.4 Å². The van der Waals surface area contributed by atoms with Crippen molar-refractivity contribution in [2.45, 2.75) is 70.9 Å². The second-order valence-electron chi connectivity index (χ2n) is 9.70. The summed E-state index contributed by atoms with van der Waals surface area (Å²) in [6.45, 7) is 6.57. The Morgan fingerprint density at radius 2 is 1.82 bits per heavy atom. The van der Waals surface area contributed by atoms with E-state index in [9.17, 15) is 9.59 Å². The van der Waals surface area contributed by atoms with Crippen molar-refractivity contribution in [3.05, 3.63) is 35.0 Å². The number of aromatic nitrogens is 2. The van der Waals surface area contributed by atoms with Crippen LogP contribution in [0.3, 0.4) is 0 Å². The number of likely N-dealkylation sites (tertiary alicyclic amines) is 1. The third-order valence-electron chi connectivity index (χ3n) is 6.77. The first-order valence-corrected chi connectivity index (χ1v) is 13.7. The molecular weight excluding hydrogens is 506 g/mol. The quantitative estimate of drug-likeness (QED) is 0.385. The molecule has 0 radical (unpaired) electrons. The third kappa shape index (κ3) is 9.02. The molecule has 11 heteroatoms. The fourth-order valence-electron chi connectivity index (χ4n) is 4.69. The Labute approximate surface area is 230 Å². The summed E-state index contributed by atoms with van der Waals surface area (Å²) in [7, 11) is 1.58.